The normalized spacial score (nSPS) is 13.6. The van der Waals surface area contributed by atoms with Crippen molar-refractivity contribution >= 4 is 23.2 Å². The van der Waals surface area contributed by atoms with Crippen LogP contribution in [0.5, 0.6) is 0 Å². The number of nitrogens with one attached hydrogen (secondary N) is 1. The Bertz CT molecular complexity index is 1020. The number of benzene rings is 1. The van der Waals surface area contributed by atoms with Gasteiger partial charge in [0, 0.05) is 38.1 Å². The number of hydrogen-bond donors (Lipinski definition) is 1. The molecule has 0 aliphatic carbocycles. The van der Waals surface area contributed by atoms with Gasteiger partial charge in [0.1, 0.15) is 5.82 Å². The van der Waals surface area contributed by atoms with Crippen molar-refractivity contribution in [3.8, 4) is 6.07 Å². The second-order valence-electron chi connectivity index (χ2n) is 6.59. The summed E-state index contributed by atoms with van der Waals surface area (Å²) >= 11 is 0. The Morgan fingerprint density at radius 3 is 2.55 bits per heavy atom. The molecule has 0 spiro atoms. The average Bonchev–Trinajstić information content (AvgIpc) is 2.80. The van der Waals surface area contributed by atoms with E-state index in [4.69, 9.17) is 5.26 Å². The van der Waals surface area contributed by atoms with Gasteiger partial charge in [-0.05, 0) is 42.5 Å². The van der Waals surface area contributed by atoms with Crippen molar-refractivity contribution in [2.75, 3.05) is 36.4 Å². The number of carbonyl (C=O) groups excluding carboxylic acids is 1. The molecular formula is C21H19N7O. The van der Waals surface area contributed by atoms with E-state index >= 15 is 0 Å². The quantitative estimate of drug-likeness (QED) is 0.736. The first-order chi connectivity index (χ1) is 14.2. The molecule has 8 heteroatoms. The summed E-state index contributed by atoms with van der Waals surface area (Å²) in [5.41, 5.74) is 1.61. The van der Waals surface area contributed by atoms with E-state index < -0.39 is 0 Å². The number of nitriles is 1. The van der Waals surface area contributed by atoms with Crippen LogP contribution in [-0.4, -0.2) is 52.2 Å². The number of anilines is 3. The lowest BCUT2D eigenvalue weighted by Crippen LogP contribution is -2.49. The minimum absolute atomic E-state index is 0.129. The third-order valence-corrected chi connectivity index (χ3v) is 4.69. The SMILES string of the molecule is N#Cc1cccc(Nc2ccc(C(=O)N3CCN(c4ccccn4)CC3)nn2)c1. The number of amides is 1. The van der Waals surface area contributed by atoms with Crippen LogP contribution in [0.1, 0.15) is 16.1 Å². The predicted molar refractivity (Wildman–Crippen MR) is 109 cm³/mol. The number of carbonyl (C=O) groups is 1. The smallest absolute Gasteiger partial charge is 0.274 e. The average molecular weight is 385 g/mol. The molecule has 0 radical (unpaired) electrons. The maximum Gasteiger partial charge on any atom is 0.274 e. The maximum atomic E-state index is 12.7. The molecule has 8 nitrogen and oxygen atoms in total. The number of rotatable bonds is 4. The monoisotopic (exact) mass is 385 g/mol. The largest absolute Gasteiger partial charge is 0.353 e. The van der Waals surface area contributed by atoms with Crippen molar-refractivity contribution in [1.82, 2.24) is 20.1 Å². The lowest BCUT2D eigenvalue weighted by atomic mass is 10.2. The highest BCUT2D eigenvalue weighted by molar-refractivity contribution is 5.92. The molecule has 3 aromatic rings. The number of aromatic nitrogens is 3. The van der Waals surface area contributed by atoms with Crippen molar-refractivity contribution in [1.29, 1.82) is 5.26 Å². The van der Waals surface area contributed by atoms with E-state index in [0.29, 0.717) is 30.2 Å². The highest BCUT2D eigenvalue weighted by Crippen LogP contribution is 2.17. The third-order valence-electron chi connectivity index (χ3n) is 4.69. The number of hydrogen-bond acceptors (Lipinski definition) is 7. The Hall–Kier alpha value is -3.99. The highest BCUT2D eigenvalue weighted by atomic mass is 16.2. The van der Waals surface area contributed by atoms with E-state index in [-0.39, 0.29) is 5.91 Å². The second kappa shape index (κ2) is 8.35. The molecular weight excluding hydrogens is 366 g/mol. The minimum atomic E-state index is -0.129. The van der Waals surface area contributed by atoms with Gasteiger partial charge in [0.2, 0.25) is 0 Å². The van der Waals surface area contributed by atoms with Crippen LogP contribution in [-0.2, 0) is 0 Å². The van der Waals surface area contributed by atoms with Gasteiger partial charge in [-0.15, -0.1) is 10.2 Å². The Morgan fingerprint density at radius 2 is 1.86 bits per heavy atom. The zero-order valence-corrected chi connectivity index (χ0v) is 15.7. The fraction of sp³-hybridized carbons (Fsp3) is 0.190. The molecule has 1 aliphatic heterocycles. The fourth-order valence-corrected chi connectivity index (χ4v) is 3.17. The molecule has 0 bridgehead atoms. The van der Waals surface area contributed by atoms with Crippen molar-refractivity contribution < 1.29 is 4.79 Å². The summed E-state index contributed by atoms with van der Waals surface area (Å²) in [6, 6.07) is 18.4. The molecule has 1 fully saturated rings. The molecule has 1 aromatic carbocycles. The summed E-state index contributed by atoms with van der Waals surface area (Å²) in [4.78, 5) is 21.0. The van der Waals surface area contributed by atoms with Crippen molar-refractivity contribution in [3.63, 3.8) is 0 Å². The van der Waals surface area contributed by atoms with E-state index in [2.05, 4.69) is 31.5 Å². The van der Waals surface area contributed by atoms with Crippen LogP contribution in [0, 0.1) is 11.3 Å². The fourth-order valence-electron chi connectivity index (χ4n) is 3.17. The van der Waals surface area contributed by atoms with Crippen molar-refractivity contribution in [2.45, 2.75) is 0 Å². The van der Waals surface area contributed by atoms with E-state index in [1.807, 2.05) is 24.3 Å². The lowest BCUT2D eigenvalue weighted by molar-refractivity contribution is 0.0739. The molecule has 1 amide bonds. The lowest BCUT2D eigenvalue weighted by Gasteiger charge is -2.35. The summed E-state index contributed by atoms with van der Waals surface area (Å²) in [5, 5.41) is 20.2. The first-order valence-corrected chi connectivity index (χ1v) is 9.29. The zero-order valence-electron chi connectivity index (χ0n) is 15.7. The van der Waals surface area contributed by atoms with Gasteiger partial charge in [-0.3, -0.25) is 4.79 Å². The van der Waals surface area contributed by atoms with Crippen LogP contribution in [0.15, 0.2) is 60.8 Å². The van der Waals surface area contributed by atoms with Crippen LogP contribution in [0.2, 0.25) is 0 Å². The first-order valence-electron chi connectivity index (χ1n) is 9.29. The highest BCUT2D eigenvalue weighted by Gasteiger charge is 2.23. The van der Waals surface area contributed by atoms with E-state index in [0.717, 1.165) is 24.6 Å². The molecule has 2 aromatic heterocycles. The molecule has 0 saturated carbocycles. The second-order valence-corrected chi connectivity index (χ2v) is 6.59. The van der Waals surface area contributed by atoms with E-state index in [1.54, 1.807) is 41.4 Å². The summed E-state index contributed by atoms with van der Waals surface area (Å²) < 4.78 is 0. The number of pyridine rings is 1. The molecule has 144 valence electrons. The maximum absolute atomic E-state index is 12.7. The van der Waals surface area contributed by atoms with Gasteiger partial charge in [-0.1, -0.05) is 12.1 Å². The standard InChI is InChI=1S/C21H19N7O/c22-15-16-4-3-5-17(14-16)24-19-8-7-18(25-26-19)21(29)28-12-10-27(11-13-28)20-6-1-2-9-23-20/h1-9,14H,10-13H2,(H,24,26). The van der Waals surface area contributed by atoms with E-state index in [9.17, 15) is 4.79 Å². The van der Waals surface area contributed by atoms with Gasteiger partial charge in [0.15, 0.2) is 11.5 Å². The van der Waals surface area contributed by atoms with Crippen LogP contribution >= 0.6 is 0 Å². The summed E-state index contributed by atoms with van der Waals surface area (Å²) in [5.74, 6) is 1.31. The predicted octanol–water partition coefficient (Wildman–Crippen LogP) is 2.45. The Labute approximate surface area is 168 Å². The third kappa shape index (κ3) is 4.30. The van der Waals surface area contributed by atoms with Gasteiger partial charge in [0.25, 0.3) is 5.91 Å². The molecule has 1 aliphatic rings. The molecule has 4 rings (SSSR count). The van der Waals surface area contributed by atoms with Crippen molar-refractivity contribution in [3.05, 3.63) is 72.1 Å². The molecule has 3 heterocycles. The topological polar surface area (TPSA) is 98.0 Å². The number of nitrogens with zero attached hydrogens (tertiary/aromatic N) is 6. The Morgan fingerprint density at radius 1 is 1.00 bits per heavy atom. The molecule has 29 heavy (non-hydrogen) atoms. The molecule has 1 saturated heterocycles. The zero-order chi connectivity index (χ0) is 20.1. The minimum Gasteiger partial charge on any atom is -0.353 e. The van der Waals surface area contributed by atoms with Crippen molar-refractivity contribution in [2.24, 2.45) is 0 Å². The summed E-state index contributed by atoms with van der Waals surface area (Å²) in [6.45, 7) is 2.67. The van der Waals surface area contributed by atoms with Gasteiger partial charge in [-0.2, -0.15) is 5.26 Å². The van der Waals surface area contributed by atoms with Gasteiger partial charge in [-0.25, -0.2) is 4.98 Å². The van der Waals surface area contributed by atoms with E-state index in [1.165, 1.54) is 0 Å². The molecule has 0 atom stereocenters. The van der Waals surface area contributed by atoms with Gasteiger partial charge >= 0.3 is 0 Å². The summed E-state index contributed by atoms with van der Waals surface area (Å²) in [7, 11) is 0. The number of piperazine rings is 1. The van der Waals surface area contributed by atoms with Gasteiger partial charge in [0.05, 0.1) is 11.6 Å². The molecule has 0 unspecified atom stereocenters. The summed E-state index contributed by atoms with van der Waals surface area (Å²) in [6.07, 6.45) is 1.77. The Kier molecular flexibility index (Phi) is 5.29. The van der Waals surface area contributed by atoms with Crippen LogP contribution in [0.4, 0.5) is 17.3 Å². The van der Waals surface area contributed by atoms with Crippen LogP contribution in [0.25, 0.3) is 0 Å². The van der Waals surface area contributed by atoms with Gasteiger partial charge < -0.3 is 15.1 Å². The molecule has 1 N–H and O–H groups in total. The first kappa shape index (κ1) is 18.4. The van der Waals surface area contributed by atoms with Crippen LogP contribution < -0.4 is 10.2 Å². The van der Waals surface area contributed by atoms with Crippen LogP contribution in [0.3, 0.4) is 0 Å². The Balaban J connectivity index is 1.36.